The Morgan fingerprint density at radius 1 is 1.13 bits per heavy atom. The summed E-state index contributed by atoms with van der Waals surface area (Å²) >= 11 is 0. The fraction of sp³-hybridized carbons (Fsp3) is 0.111. The van der Waals surface area contributed by atoms with Gasteiger partial charge in [-0.1, -0.05) is 0 Å². The molecule has 0 fully saturated rings. The predicted molar refractivity (Wildman–Crippen MR) is 46.8 cm³/mol. The van der Waals surface area contributed by atoms with Gasteiger partial charge in [-0.15, -0.1) is 0 Å². The van der Waals surface area contributed by atoms with Crippen molar-refractivity contribution in [3.05, 3.63) is 36.4 Å². The molecule has 0 aliphatic rings. The number of rotatable bonds is 1. The first-order valence-corrected chi connectivity index (χ1v) is 4.10. The molecule has 0 atom stereocenters. The number of H-pyrrole nitrogens is 1. The van der Waals surface area contributed by atoms with Crippen LogP contribution < -0.4 is 0 Å². The highest BCUT2D eigenvalue weighted by molar-refractivity contribution is 5.53. The van der Waals surface area contributed by atoms with Crippen molar-refractivity contribution in [1.82, 2.24) is 15.0 Å². The molecule has 2 aromatic heterocycles. The van der Waals surface area contributed by atoms with Crippen LogP contribution in [0.4, 0.5) is 13.2 Å². The molecule has 2 heterocycles. The van der Waals surface area contributed by atoms with E-state index in [-0.39, 0.29) is 5.69 Å². The Labute approximate surface area is 83.0 Å². The molecule has 0 radical (unpaired) electrons. The summed E-state index contributed by atoms with van der Waals surface area (Å²) in [7, 11) is 0. The van der Waals surface area contributed by atoms with Crippen molar-refractivity contribution in [2.75, 3.05) is 0 Å². The van der Waals surface area contributed by atoms with Gasteiger partial charge in [-0.25, -0.2) is 4.98 Å². The second-order valence-electron chi connectivity index (χ2n) is 2.88. The minimum atomic E-state index is -4.35. The maximum atomic E-state index is 12.4. The zero-order valence-electron chi connectivity index (χ0n) is 7.42. The van der Waals surface area contributed by atoms with Gasteiger partial charge in [0.05, 0.1) is 17.6 Å². The van der Waals surface area contributed by atoms with Crippen LogP contribution in [0.25, 0.3) is 11.4 Å². The van der Waals surface area contributed by atoms with Crippen LogP contribution in [-0.2, 0) is 6.18 Å². The summed E-state index contributed by atoms with van der Waals surface area (Å²) in [4.78, 5) is 10.3. The van der Waals surface area contributed by atoms with Crippen molar-refractivity contribution in [1.29, 1.82) is 0 Å². The van der Waals surface area contributed by atoms with Crippen molar-refractivity contribution in [2.45, 2.75) is 6.18 Å². The van der Waals surface area contributed by atoms with Gasteiger partial charge in [-0.3, -0.25) is 4.98 Å². The lowest BCUT2D eigenvalue weighted by molar-refractivity contribution is -0.137. The largest absolute Gasteiger partial charge is 0.416 e. The Morgan fingerprint density at radius 3 is 2.53 bits per heavy atom. The molecular weight excluding hydrogens is 207 g/mol. The average molecular weight is 213 g/mol. The number of aromatic amines is 1. The topological polar surface area (TPSA) is 41.6 Å². The monoisotopic (exact) mass is 213 g/mol. The number of pyridine rings is 1. The number of nitrogens with zero attached hydrogens (tertiary/aromatic N) is 2. The van der Waals surface area contributed by atoms with Crippen LogP contribution >= 0.6 is 0 Å². The third kappa shape index (κ3) is 1.98. The van der Waals surface area contributed by atoms with Gasteiger partial charge in [-0.2, -0.15) is 13.2 Å². The van der Waals surface area contributed by atoms with Gasteiger partial charge >= 0.3 is 6.18 Å². The fourth-order valence-electron chi connectivity index (χ4n) is 1.15. The minimum Gasteiger partial charge on any atom is -0.351 e. The van der Waals surface area contributed by atoms with Gasteiger partial charge < -0.3 is 4.98 Å². The highest BCUT2D eigenvalue weighted by Gasteiger charge is 2.30. The Hall–Kier alpha value is -1.85. The maximum Gasteiger partial charge on any atom is 0.416 e. The second kappa shape index (κ2) is 3.38. The molecule has 78 valence electrons. The van der Waals surface area contributed by atoms with E-state index in [0.717, 1.165) is 18.3 Å². The summed E-state index contributed by atoms with van der Waals surface area (Å²) in [6, 6.07) is 1.90. The lowest BCUT2D eigenvalue weighted by Gasteiger charge is -2.06. The van der Waals surface area contributed by atoms with Crippen LogP contribution in [0.3, 0.4) is 0 Å². The fourth-order valence-corrected chi connectivity index (χ4v) is 1.15. The molecule has 0 spiro atoms. The molecule has 1 N–H and O–H groups in total. The molecule has 15 heavy (non-hydrogen) atoms. The number of nitrogens with one attached hydrogen (secondary N) is 1. The maximum absolute atomic E-state index is 12.4. The first-order chi connectivity index (χ1) is 7.07. The van der Waals surface area contributed by atoms with Gasteiger partial charge in [0.2, 0.25) is 0 Å². The molecule has 0 amide bonds. The number of alkyl halides is 3. The zero-order chi connectivity index (χ0) is 10.9. The lowest BCUT2D eigenvalue weighted by Crippen LogP contribution is -2.05. The molecule has 2 rings (SSSR count). The zero-order valence-corrected chi connectivity index (χ0v) is 7.42. The summed E-state index contributed by atoms with van der Waals surface area (Å²) in [5.41, 5.74) is -0.136. The Balaban J connectivity index is 2.44. The van der Waals surface area contributed by atoms with E-state index in [1.807, 2.05) is 0 Å². The molecule has 0 saturated heterocycles. The van der Waals surface area contributed by atoms with Crippen LogP contribution in [0.5, 0.6) is 0 Å². The summed E-state index contributed by atoms with van der Waals surface area (Å²) < 4.78 is 37.1. The first-order valence-electron chi connectivity index (χ1n) is 4.10. The third-order valence-electron chi connectivity index (χ3n) is 1.85. The minimum absolute atomic E-state index is 0.200. The van der Waals surface area contributed by atoms with E-state index in [0.29, 0.717) is 5.69 Å². The first kappa shape index (κ1) is 9.70. The van der Waals surface area contributed by atoms with Gasteiger partial charge in [0.15, 0.2) is 0 Å². The smallest absolute Gasteiger partial charge is 0.351 e. The molecule has 2 aromatic rings. The molecule has 0 aliphatic heterocycles. The van der Waals surface area contributed by atoms with Gasteiger partial charge in [0, 0.05) is 12.4 Å². The van der Waals surface area contributed by atoms with Crippen molar-refractivity contribution in [2.24, 2.45) is 0 Å². The Bertz CT molecular complexity index is 448. The molecule has 0 bridgehead atoms. The van der Waals surface area contributed by atoms with Crippen LogP contribution in [0.1, 0.15) is 5.56 Å². The molecule has 0 saturated carbocycles. The van der Waals surface area contributed by atoms with Crippen molar-refractivity contribution >= 4 is 0 Å². The van der Waals surface area contributed by atoms with Gasteiger partial charge in [0.1, 0.15) is 5.69 Å². The van der Waals surface area contributed by atoms with Gasteiger partial charge in [0.25, 0.3) is 0 Å². The molecule has 0 aliphatic carbocycles. The van der Waals surface area contributed by atoms with E-state index in [2.05, 4.69) is 15.0 Å². The second-order valence-corrected chi connectivity index (χ2v) is 2.88. The van der Waals surface area contributed by atoms with Crippen molar-refractivity contribution < 1.29 is 13.2 Å². The summed E-state index contributed by atoms with van der Waals surface area (Å²) in [5.74, 6) is 0. The third-order valence-corrected chi connectivity index (χ3v) is 1.85. The molecule has 6 heteroatoms. The number of aromatic nitrogens is 3. The highest BCUT2D eigenvalue weighted by atomic mass is 19.4. The van der Waals surface area contributed by atoms with E-state index in [1.165, 1.54) is 12.5 Å². The Morgan fingerprint density at radius 2 is 1.93 bits per heavy atom. The van der Waals surface area contributed by atoms with E-state index in [1.54, 1.807) is 0 Å². The normalized spacial score (nSPS) is 11.7. The van der Waals surface area contributed by atoms with E-state index in [4.69, 9.17) is 0 Å². The van der Waals surface area contributed by atoms with E-state index in [9.17, 15) is 13.2 Å². The van der Waals surface area contributed by atoms with E-state index >= 15 is 0 Å². The predicted octanol–water partition coefficient (Wildman–Crippen LogP) is 2.49. The lowest BCUT2D eigenvalue weighted by atomic mass is 10.2. The molecule has 0 aromatic carbocycles. The standard InChI is InChI=1S/C9H6F3N3/c10-9(11,12)6-1-2-14-7(3-6)8-4-13-5-15-8/h1-5H,(H,13,15). The number of hydrogen-bond acceptors (Lipinski definition) is 2. The Kier molecular flexibility index (Phi) is 2.18. The van der Waals surface area contributed by atoms with Crippen LogP contribution in [0, 0.1) is 0 Å². The summed E-state index contributed by atoms with van der Waals surface area (Å²) in [6.45, 7) is 0. The van der Waals surface area contributed by atoms with Crippen molar-refractivity contribution in [3.8, 4) is 11.4 Å². The SMILES string of the molecule is FC(F)(F)c1ccnc(-c2c[nH]cn2)c1. The van der Waals surface area contributed by atoms with Gasteiger partial charge in [-0.05, 0) is 12.1 Å². The van der Waals surface area contributed by atoms with E-state index < -0.39 is 11.7 Å². The van der Waals surface area contributed by atoms with Crippen LogP contribution in [0.2, 0.25) is 0 Å². The molecule has 3 nitrogen and oxygen atoms in total. The summed E-state index contributed by atoms with van der Waals surface area (Å²) in [5, 5.41) is 0. The average Bonchev–Trinajstić information content (AvgIpc) is 2.69. The quantitative estimate of drug-likeness (QED) is 0.790. The number of hydrogen-bond donors (Lipinski definition) is 1. The highest BCUT2D eigenvalue weighted by Crippen LogP contribution is 2.30. The number of imidazole rings is 1. The molecule has 0 unspecified atom stereocenters. The van der Waals surface area contributed by atoms with Crippen LogP contribution in [-0.4, -0.2) is 15.0 Å². The van der Waals surface area contributed by atoms with Crippen LogP contribution in [0.15, 0.2) is 30.9 Å². The molecular formula is C9H6F3N3. The van der Waals surface area contributed by atoms with Crippen molar-refractivity contribution in [3.63, 3.8) is 0 Å². The summed E-state index contributed by atoms with van der Waals surface area (Å²) in [6.07, 6.45) is -0.361. The number of halogens is 3.